The molecule has 0 saturated carbocycles. The molecule has 2 aromatic carbocycles. The van der Waals surface area contributed by atoms with Crippen molar-refractivity contribution in [3.63, 3.8) is 0 Å². The van der Waals surface area contributed by atoms with Gasteiger partial charge in [0.25, 0.3) is 0 Å². The monoisotopic (exact) mass is 447 g/mol. The van der Waals surface area contributed by atoms with Crippen LogP contribution in [0.15, 0.2) is 46.9 Å². The van der Waals surface area contributed by atoms with Gasteiger partial charge in [0.15, 0.2) is 11.5 Å². The highest BCUT2D eigenvalue weighted by Crippen LogP contribution is 2.37. The number of ether oxygens (including phenoxy) is 2. The number of carbonyl (C=O) groups is 1. The Bertz CT molecular complexity index is 801. The first-order valence-electron chi connectivity index (χ1n) is 9.56. The Morgan fingerprint density at radius 2 is 1.79 bits per heavy atom. The van der Waals surface area contributed by atoms with Crippen LogP contribution in [-0.2, 0) is 4.79 Å². The van der Waals surface area contributed by atoms with Crippen molar-refractivity contribution in [2.45, 2.75) is 25.8 Å². The van der Waals surface area contributed by atoms with E-state index in [1.54, 1.807) is 7.11 Å². The van der Waals surface area contributed by atoms with E-state index in [2.05, 4.69) is 39.0 Å². The third-order valence-corrected chi connectivity index (χ3v) is 5.76. The summed E-state index contributed by atoms with van der Waals surface area (Å²) in [6.45, 7) is 4.01. The number of benzene rings is 2. The zero-order valence-electron chi connectivity index (χ0n) is 16.2. The van der Waals surface area contributed by atoms with Gasteiger partial charge in [0.1, 0.15) is 0 Å². The van der Waals surface area contributed by atoms with Crippen LogP contribution in [0.1, 0.15) is 36.9 Å². The van der Waals surface area contributed by atoms with Crippen LogP contribution in [0.4, 0.5) is 0 Å². The molecule has 1 unspecified atom stereocenters. The molecule has 0 aliphatic carbocycles. The average Bonchev–Trinajstić information content (AvgIpc) is 2.71. The Morgan fingerprint density at radius 1 is 1.14 bits per heavy atom. The maximum Gasteiger partial charge on any atom is 0.306 e. The van der Waals surface area contributed by atoms with E-state index in [1.807, 2.05) is 31.2 Å². The van der Waals surface area contributed by atoms with Crippen molar-refractivity contribution in [3.8, 4) is 11.5 Å². The van der Waals surface area contributed by atoms with Gasteiger partial charge in [0, 0.05) is 4.47 Å². The van der Waals surface area contributed by atoms with Crippen molar-refractivity contribution in [3.05, 3.63) is 58.1 Å². The van der Waals surface area contributed by atoms with Crippen molar-refractivity contribution in [1.29, 1.82) is 0 Å². The van der Waals surface area contributed by atoms with Gasteiger partial charge in [-0.05, 0) is 68.2 Å². The summed E-state index contributed by atoms with van der Waals surface area (Å²) in [5.74, 6) is 0.494. The SMILES string of the molecule is CCOc1ccc(C(c2ccc(Br)cc2)N2CCC(C(=O)O)CC2)cc1OC. The van der Waals surface area contributed by atoms with Gasteiger partial charge in [-0.3, -0.25) is 9.69 Å². The number of carboxylic acids is 1. The van der Waals surface area contributed by atoms with Crippen LogP contribution in [0.2, 0.25) is 0 Å². The fourth-order valence-corrected chi connectivity index (χ4v) is 4.06. The fourth-order valence-electron chi connectivity index (χ4n) is 3.79. The molecule has 1 heterocycles. The first-order valence-corrected chi connectivity index (χ1v) is 10.4. The lowest BCUT2D eigenvalue weighted by Gasteiger charge is -2.37. The number of hydrogen-bond acceptors (Lipinski definition) is 4. The lowest BCUT2D eigenvalue weighted by molar-refractivity contribution is -0.143. The van der Waals surface area contributed by atoms with Gasteiger partial charge in [0.2, 0.25) is 0 Å². The molecular formula is C22H26BrNO4. The minimum atomic E-state index is -0.692. The summed E-state index contributed by atoms with van der Waals surface area (Å²) in [7, 11) is 1.65. The Kier molecular flexibility index (Phi) is 6.97. The van der Waals surface area contributed by atoms with E-state index in [0.29, 0.717) is 25.2 Å². The summed E-state index contributed by atoms with van der Waals surface area (Å²) in [4.78, 5) is 13.7. The highest BCUT2D eigenvalue weighted by atomic mass is 79.9. The molecule has 0 spiro atoms. The van der Waals surface area contributed by atoms with E-state index in [1.165, 1.54) is 5.56 Å². The van der Waals surface area contributed by atoms with Crippen LogP contribution < -0.4 is 9.47 Å². The molecule has 0 bridgehead atoms. The van der Waals surface area contributed by atoms with Crippen LogP contribution in [0.3, 0.4) is 0 Å². The van der Waals surface area contributed by atoms with Crippen LogP contribution >= 0.6 is 15.9 Å². The summed E-state index contributed by atoms with van der Waals surface area (Å²) in [5.41, 5.74) is 2.28. The van der Waals surface area contributed by atoms with Crippen LogP contribution in [-0.4, -0.2) is 42.8 Å². The van der Waals surface area contributed by atoms with Gasteiger partial charge in [0.05, 0.1) is 25.7 Å². The van der Waals surface area contributed by atoms with E-state index in [4.69, 9.17) is 9.47 Å². The molecule has 1 aliphatic heterocycles. The van der Waals surface area contributed by atoms with Crippen molar-refractivity contribution >= 4 is 21.9 Å². The van der Waals surface area contributed by atoms with Crippen molar-refractivity contribution < 1.29 is 19.4 Å². The summed E-state index contributed by atoms with van der Waals surface area (Å²) >= 11 is 3.50. The standard InChI is InChI=1S/C22H26BrNO4/c1-3-28-19-9-6-17(14-20(19)27-2)21(15-4-7-18(23)8-5-15)24-12-10-16(11-13-24)22(25)26/h4-9,14,16,21H,3,10-13H2,1-2H3,(H,25,26). The number of halogens is 1. The highest BCUT2D eigenvalue weighted by Gasteiger charge is 2.30. The minimum absolute atomic E-state index is 0.0346. The maximum atomic E-state index is 11.3. The van der Waals surface area contributed by atoms with E-state index in [-0.39, 0.29) is 12.0 Å². The van der Waals surface area contributed by atoms with Crippen molar-refractivity contribution in [1.82, 2.24) is 4.90 Å². The van der Waals surface area contributed by atoms with Crippen molar-refractivity contribution in [2.75, 3.05) is 26.8 Å². The number of rotatable bonds is 7. The molecule has 5 nitrogen and oxygen atoms in total. The Hall–Kier alpha value is -2.05. The second kappa shape index (κ2) is 9.43. The van der Waals surface area contributed by atoms with Gasteiger partial charge in [-0.15, -0.1) is 0 Å². The Labute approximate surface area is 174 Å². The average molecular weight is 448 g/mol. The summed E-state index contributed by atoms with van der Waals surface area (Å²) < 4.78 is 12.2. The van der Waals surface area contributed by atoms with Gasteiger partial charge in [-0.25, -0.2) is 0 Å². The molecule has 1 fully saturated rings. The number of nitrogens with zero attached hydrogens (tertiary/aromatic N) is 1. The van der Waals surface area contributed by atoms with Gasteiger partial charge >= 0.3 is 5.97 Å². The zero-order valence-corrected chi connectivity index (χ0v) is 17.8. The van der Waals surface area contributed by atoms with E-state index < -0.39 is 5.97 Å². The van der Waals surface area contributed by atoms with E-state index in [9.17, 15) is 9.90 Å². The normalized spacial score (nSPS) is 16.5. The van der Waals surface area contributed by atoms with Crippen LogP contribution in [0.5, 0.6) is 11.5 Å². The molecule has 28 heavy (non-hydrogen) atoms. The molecule has 1 saturated heterocycles. The molecule has 0 aromatic heterocycles. The highest BCUT2D eigenvalue weighted by molar-refractivity contribution is 9.10. The number of likely N-dealkylation sites (tertiary alicyclic amines) is 1. The molecule has 1 aliphatic rings. The number of piperidine rings is 1. The van der Waals surface area contributed by atoms with Crippen molar-refractivity contribution in [2.24, 2.45) is 5.92 Å². The first kappa shape index (κ1) is 20.7. The van der Waals surface area contributed by atoms with Gasteiger partial charge < -0.3 is 14.6 Å². The second-order valence-electron chi connectivity index (χ2n) is 6.95. The molecular weight excluding hydrogens is 422 g/mol. The molecule has 0 amide bonds. The van der Waals surface area contributed by atoms with E-state index >= 15 is 0 Å². The maximum absolute atomic E-state index is 11.3. The fraction of sp³-hybridized carbons (Fsp3) is 0.409. The third-order valence-electron chi connectivity index (χ3n) is 5.23. The lowest BCUT2D eigenvalue weighted by Crippen LogP contribution is -2.39. The number of hydrogen-bond donors (Lipinski definition) is 1. The minimum Gasteiger partial charge on any atom is -0.493 e. The zero-order chi connectivity index (χ0) is 20.1. The predicted octanol–water partition coefficient (Wildman–Crippen LogP) is 4.74. The lowest BCUT2D eigenvalue weighted by atomic mass is 9.91. The number of methoxy groups -OCH3 is 1. The number of aliphatic carboxylic acids is 1. The quantitative estimate of drug-likeness (QED) is 0.663. The molecule has 1 N–H and O–H groups in total. The molecule has 1 atom stereocenters. The van der Waals surface area contributed by atoms with Crippen LogP contribution in [0.25, 0.3) is 0 Å². The molecule has 150 valence electrons. The molecule has 2 aromatic rings. The second-order valence-corrected chi connectivity index (χ2v) is 7.86. The van der Waals surface area contributed by atoms with E-state index in [0.717, 1.165) is 28.9 Å². The first-order chi connectivity index (χ1) is 13.5. The molecule has 0 radical (unpaired) electrons. The number of carboxylic acid groups (broad SMARTS) is 1. The third kappa shape index (κ3) is 4.67. The topological polar surface area (TPSA) is 59.0 Å². The summed E-state index contributed by atoms with van der Waals surface area (Å²) in [6, 6.07) is 14.4. The summed E-state index contributed by atoms with van der Waals surface area (Å²) in [5, 5.41) is 9.32. The summed E-state index contributed by atoms with van der Waals surface area (Å²) in [6.07, 6.45) is 1.33. The largest absolute Gasteiger partial charge is 0.493 e. The molecule has 3 rings (SSSR count). The molecule has 6 heteroatoms. The Balaban J connectivity index is 1.95. The predicted molar refractivity (Wildman–Crippen MR) is 112 cm³/mol. The Morgan fingerprint density at radius 3 is 2.36 bits per heavy atom. The van der Waals surface area contributed by atoms with Gasteiger partial charge in [-0.1, -0.05) is 34.1 Å². The van der Waals surface area contributed by atoms with Gasteiger partial charge in [-0.2, -0.15) is 0 Å². The van der Waals surface area contributed by atoms with Crippen LogP contribution in [0, 0.1) is 5.92 Å². The smallest absolute Gasteiger partial charge is 0.306 e.